The number of nitrogens with zero attached hydrogens (tertiary/aromatic N) is 2. The fourth-order valence-corrected chi connectivity index (χ4v) is 2.76. The molecule has 0 radical (unpaired) electrons. The van der Waals surface area contributed by atoms with E-state index in [0.29, 0.717) is 37.6 Å². The van der Waals surface area contributed by atoms with E-state index in [1.807, 2.05) is 20.8 Å². The minimum absolute atomic E-state index is 0.0569. The Kier molecular flexibility index (Phi) is 7.69. The van der Waals surface area contributed by atoms with Crippen LogP contribution in [0.15, 0.2) is 24.3 Å². The minimum Gasteiger partial charge on any atom is -0.497 e. The number of carbonyl (C=O) groups is 3. The van der Waals surface area contributed by atoms with Gasteiger partial charge in [0.15, 0.2) is 0 Å². The normalized spacial score (nSPS) is 14.2. The van der Waals surface area contributed by atoms with Crippen molar-refractivity contribution in [3.63, 3.8) is 0 Å². The number of carbonyl (C=O) groups excluding carboxylic acids is 3. The van der Waals surface area contributed by atoms with E-state index in [9.17, 15) is 14.4 Å². The summed E-state index contributed by atoms with van der Waals surface area (Å²) in [6.07, 6.45) is -0.163. The first-order chi connectivity index (χ1) is 13.7. The summed E-state index contributed by atoms with van der Waals surface area (Å²) in [5.74, 6) is 0.645. The van der Waals surface area contributed by atoms with Gasteiger partial charge in [-0.2, -0.15) is 0 Å². The number of benzene rings is 1. The number of urea groups is 1. The fourth-order valence-electron chi connectivity index (χ4n) is 2.76. The van der Waals surface area contributed by atoms with Gasteiger partial charge in [0.1, 0.15) is 11.4 Å². The van der Waals surface area contributed by atoms with E-state index < -0.39 is 5.60 Å². The number of rotatable bonds is 5. The molecule has 4 amide bonds. The quantitative estimate of drug-likeness (QED) is 0.781. The zero-order valence-corrected chi connectivity index (χ0v) is 17.5. The van der Waals surface area contributed by atoms with E-state index in [4.69, 9.17) is 9.47 Å². The van der Waals surface area contributed by atoms with E-state index in [1.165, 1.54) is 0 Å². The molecule has 1 fully saturated rings. The Balaban J connectivity index is 1.66. The van der Waals surface area contributed by atoms with Crippen LogP contribution in [-0.2, 0) is 9.53 Å². The van der Waals surface area contributed by atoms with Crippen molar-refractivity contribution in [1.82, 2.24) is 15.1 Å². The van der Waals surface area contributed by atoms with Gasteiger partial charge in [-0.3, -0.25) is 4.79 Å². The van der Waals surface area contributed by atoms with Crippen LogP contribution in [0.5, 0.6) is 5.75 Å². The number of piperazine rings is 1. The molecule has 1 aliphatic heterocycles. The monoisotopic (exact) mass is 406 g/mol. The molecule has 0 unspecified atom stereocenters. The van der Waals surface area contributed by atoms with Crippen LogP contribution < -0.4 is 15.4 Å². The van der Waals surface area contributed by atoms with Gasteiger partial charge in [-0.25, -0.2) is 9.59 Å². The standard InChI is InChI=1S/C20H30N4O5/c1-20(2,3)29-19(27)24-13-11-23(12-14-24)17(25)9-10-21-18(26)22-15-5-7-16(28-4)8-6-15/h5-8H,9-14H2,1-4H3,(H2,21,22,26). The van der Waals surface area contributed by atoms with Crippen molar-refractivity contribution in [2.75, 3.05) is 45.2 Å². The topological polar surface area (TPSA) is 100 Å². The molecule has 9 heteroatoms. The minimum atomic E-state index is -0.540. The van der Waals surface area contributed by atoms with Crippen molar-refractivity contribution >= 4 is 23.7 Å². The van der Waals surface area contributed by atoms with Gasteiger partial charge in [0.2, 0.25) is 5.91 Å². The van der Waals surface area contributed by atoms with Crippen LogP contribution in [0, 0.1) is 0 Å². The first-order valence-electron chi connectivity index (χ1n) is 9.62. The van der Waals surface area contributed by atoms with E-state index in [-0.39, 0.29) is 31.0 Å². The Labute approximate surface area is 171 Å². The predicted octanol–water partition coefficient (Wildman–Crippen LogP) is 2.29. The zero-order chi connectivity index (χ0) is 21.4. The maximum Gasteiger partial charge on any atom is 0.410 e. The summed E-state index contributed by atoms with van der Waals surface area (Å²) in [6, 6.07) is 6.57. The second-order valence-electron chi connectivity index (χ2n) is 7.71. The molecule has 0 aromatic heterocycles. The molecule has 0 saturated carbocycles. The largest absolute Gasteiger partial charge is 0.497 e. The summed E-state index contributed by atoms with van der Waals surface area (Å²) < 4.78 is 10.4. The van der Waals surface area contributed by atoms with Gasteiger partial charge in [-0.05, 0) is 45.0 Å². The average molecular weight is 406 g/mol. The van der Waals surface area contributed by atoms with Gasteiger partial charge in [0.05, 0.1) is 7.11 Å². The molecule has 2 N–H and O–H groups in total. The molecule has 1 heterocycles. The summed E-state index contributed by atoms with van der Waals surface area (Å²) >= 11 is 0. The van der Waals surface area contributed by atoms with Crippen LogP contribution in [0.2, 0.25) is 0 Å². The van der Waals surface area contributed by atoms with Crippen LogP contribution in [0.25, 0.3) is 0 Å². The Morgan fingerprint density at radius 1 is 1.00 bits per heavy atom. The predicted molar refractivity (Wildman–Crippen MR) is 109 cm³/mol. The summed E-state index contributed by atoms with van der Waals surface area (Å²) in [7, 11) is 1.57. The number of amides is 4. The second kappa shape index (κ2) is 9.99. The van der Waals surface area contributed by atoms with Crippen molar-refractivity contribution in [1.29, 1.82) is 0 Å². The SMILES string of the molecule is COc1ccc(NC(=O)NCCC(=O)N2CCN(C(=O)OC(C)(C)C)CC2)cc1. The Bertz CT molecular complexity index is 707. The average Bonchev–Trinajstić information content (AvgIpc) is 2.67. The van der Waals surface area contributed by atoms with Crippen molar-refractivity contribution < 1.29 is 23.9 Å². The molecule has 0 atom stereocenters. The van der Waals surface area contributed by atoms with Crippen LogP contribution >= 0.6 is 0 Å². The number of hydrogen-bond acceptors (Lipinski definition) is 5. The lowest BCUT2D eigenvalue weighted by molar-refractivity contribution is -0.132. The maximum absolute atomic E-state index is 12.3. The lowest BCUT2D eigenvalue weighted by Gasteiger charge is -2.35. The molecule has 0 bridgehead atoms. The van der Waals surface area contributed by atoms with E-state index in [1.54, 1.807) is 41.2 Å². The highest BCUT2D eigenvalue weighted by Crippen LogP contribution is 2.15. The second-order valence-corrected chi connectivity index (χ2v) is 7.71. The maximum atomic E-state index is 12.3. The van der Waals surface area contributed by atoms with Gasteiger partial charge in [-0.1, -0.05) is 0 Å². The van der Waals surface area contributed by atoms with Gasteiger partial charge in [0, 0.05) is 44.8 Å². The first kappa shape index (κ1) is 22.3. The highest BCUT2D eigenvalue weighted by Gasteiger charge is 2.27. The van der Waals surface area contributed by atoms with Crippen molar-refractivity contribution in [2.24, 2.45) is 0 Å². The summed E-state index contributed by atoms with van der Waals surface area (Å²) in [5, 5.41) is 5.36. The van der Waals surface area contributed by atoms with Crippen molar-refractivity contribution in [2.45, 2.75) is 32.8 Å². The number of ether oxygens (including phenoxy) is 2. The molecule has 1 aromatic rings. The molecule has 1 saturated heterocycles. The number of nitrogens with one attached hydrogen (secondary N) is 2. The third kappa shape index (κ3) is 7.52. The van der Waals surface area contributed by atoms with Crippen molar-refractivity contribution in [3.8, 4) is 5.75 Å². The van der Waals surface area contributed by atoms with E-state index in [0.717, 1.165) is 0 Å². The lowest BCUT2D eigenvalue weighted by Crippen LogP contribution is -2.52. The highest BCUT2D eigenvalue weighted by atomic mass is 16.6. The summed E-state index contributed by atoms with van der Waals surface area (Å²) in [5.41, 5.74) is 0.0927. The Morgan fingerprint density at radius 3 is 2.14 bits per heavy atom. The molecule has 1 aliphatic rings. The van der Waals surface area contributed by atoms with Crippen LogP contribution in [-0.4, -0.2) is 73.3 Å². The Hall–Kier alpha value is -2.97. The number of anilines is 1. The molecule has 160 valence electrons. The van der Waals surface area contributed by atoms with E-state index in [2.05, 4.69) is 10.6 Å². The van der Waals surface area contributed by atoms with Crippen LogP contribution in [0.3, 0.4) is 0 Å². The molecule has 0 spiro atoms. The smallest absolute Gasteiger partial charge is 0.410 e. The number of hydrogen-bond donors (Lipinski definition) is 2. The molecule has 2 rings (SSSR count). The van der Waals surface area contributed by atoms with Crippen molar-refractivity contribution in [3.05, 3.63) is 24.3 Å². The third-order valence-corrected chi connectivity index (χ3v) is 4.26. The van der Waals surface area contributed by atoms with Gasteiger partial charge in [0.25, 0.3) is 0 Å². The zero-order valence-electron chi connectivity index (χ0n) is 17.5. The fraction of sp³-hybridized carbons (Fsp3) is 0.550. The lowest BCUT2D eigenvalue weighted by atomic mass is 10.2. The summed E-state index contributed by atoms with van der Waals surface area (Å²) in [6.45, 7) is 7.48. The molecule has 29 heavy (non-hydrogen) atoms. The highest BCUT2D eigenvalue weighted by molar-refractivity contribution is 5.89. The summed E-state index contributed by atoms with van der Waals surface area (Å²) in [4.78, 5) is 39.6. The third-order valence-electron chi connectivity index (χ3n) is 4.26. The van der Waals surface area contributed by atoms with Gasteiger partial charge in [-0.15, -0.1) is 0 Å². The molecule has 9 nitrogen and oxygen atoms in total. The number of methoxy groups -OCH3 is 1. The Morgan fingerprint density at radius 2 is 1.59 bits per heavy atom. The molecular formula is C20H30N4O5. The molecular weight excluding hydrogens is 376 g/mol. The van der Waals surface area contributed by atoms with Gasteiger partial charge >= 0.3 is 12.1 Å². The molecule has 0 aliphatic carbocycles. The van der Waals surface area contributed by atoms with Crippen LogP contribution in [0.1, 0.15) is 27.2 Å². The van der Waals surface area contributed by atoms with Gasteiger partial charge < -0.3 is 29.9 Å². The molecule has 1 aromatic carbocycles. The van der Waals surface area contributed by atoms with Crippen LogP contribution in [0.4, 0.5) is 15.3 Å². The first-order valence-corrected chi connectivity index (χ1v) is 9.62. The van der Waals surface area contributed by atoms with E-state index >= 15 is 0 Å².